The van der Waals surface area contributed by atoms with E-state index in [0.29, 0.717) is 12.2 Å². The summed E-state index contributed by atoms with van der Waals surface area (Å²) in [6.07, 6.45) is 0.154. The topological polar surface area (TPSA) is 89.0 Å². The normalized spacial score (nSPS) is 17.6. The number of carbonyl (C=O) groups excluding carboxylic acids is 3. The Hall–Kier alpha value is -3.89. The molecule has 1 saturated heterocycles. The summed E-state index contributed by atoms with van der Waals surface area (Å²) >= 11 is 0. The van der Waals surface area contributed by atoms with E-state index in [-0.39, 0.29) is 34.3 Å². The van der Waals surface area contributed by atoms with Crippen LogP contribution >= 0.6 is 0 Å². The molecule has 0 spiro atoms. The van der Waals surface area contributed by atoms with E-state index in [1.54, 1.807) is 19.1 Å². The highest BCUT2D eigenvalue weighted by atomic mass is 19.4. The number of hydrogen-bond donors (Lipinski definition) is 0. The van der Waals surface area contributed by atoms with Gasteiger partial charge >= 0.3 is 12.2 Å². The Morgan fingerprint density at radius 1 is 1.05 bits per heavy atom. The minimum Gasteiger partial charge on any atom is -0.490 e. The average Bonchev–Trinajstić information content (AvgIpc) is 3.42. The number of rotatable bonds is 7. The van der Waals surface area contributed by atoms with Crippen LogP contribution in [0.3, 0.4) is 0 Å². The largest absolute Gasteiger partial charge is 0.490 e. The molecule has 4 amide bonds. The van der Waals surface area contributed by atoms with E-state index in [1.807, 2.05) is 6.92 Å². The van der Waals surface area contributed by atoms with E-state index in [4.69, 9.17) is 9.47 Å². The molecule has 1 unspecified atom stereocenters. The molecule has 4 rings (SSSR count). The molecule has 2 heterocycles. The quantitative estimate of drug-likeness (QED) is 0.253. The summed E-state index contributed by atoms with van der Waals surface area (Å²) in [5, 5.41) is 0. The molecule has 39 heavy (non-hydrogen) atoms. The molecule has 0 N–H and O–H groups in total. The zero-order valence-corrected chi connectivity index (χ0v) is 22.2. The van der Waals surface area contributed by atoms with Gasteiger partial charge in [-0.15, -0.1) is 0 Å². The van der Waals surface area contributed by atoms with Crippen molar-refractivity contribution in [2.24, 2.45) is 0 Å². The van der Waals surface area contributed by atoms with Crippen molar-refractivity contribution in [1.29, 1.82) is 0 Å². The maximum absolute atomic E-state index is 13.5. The first-order chi connectivity index (χ1) is 18.4. The first kappa shape index (κ1) is 28.1. The molecule has 1 aromatic carbocycles. The Labute approximate surface area is 224 Å². The molecule has 0 radical (unpaired) electrons. The van der Waals surface area contributed by atoms with Gasteiger partial charge in [0.2, 0.25) is 0 Å². The van der Waals surface area contributed by atoms with Crippen molar-refractivity contribution in [1.82, 2.24) is 14.8 Å². The Bertz CT molecular complexity index is 1290. The van der Waals surface area contributed by atoms with Gasteiger partial charge < -0.3 is 9.47 Å². The number of urea groups is 1. The van der Waals surface area contributed by atoms with Crippen LogP contribution in [-0.2, 0) is 20.5 Å². The predicted molar refractivity (Wildman–Crippen MR) is 136 cm³/mol. The lowest BCUT2D eigenvalue weighted by molar-refractivity contribution is -0.138. The molecule has 8 nitrogen and oxygen atoms in total. The third-order valence-corrected chi connectivity index (χ3v) is 6.89. The van der Waals surface area contributed by atoms with Gasteiger partial charge in [0.25, 0.3) is 11.8 Å². The van der Waals surface area contributed by atoms with E-state index in [1.165, 1.54) is 20.2 Å². The summed E-state index contributed by atoms with van der Waals surface area (Å²) in [5.74, 6) is -1.44. The first-order valence-electron chi connectivity index (χ1n) is 12.8. The summed E-state index contributed by atoms with van der Waals surface area (Å²) in [6.45, 7) is 3.61. The fourth-order valence-corrected chi connectivity index (χ4v) is 4.49. The Morgan fingerprint density at radius 3 is 2.28 bits per heavy atom. The van der Waals surface area contributed by atoms with Crippen molar-refractivity contribution in [2.75, 3.05) is 14.1 Å². The number of likely N-dealkylation sites (N-methyl/N-ethyl adjacent to an activating group) is 2. The van der Waals surface area contributed by atoms with Crippen molar-refractivity contribution in [3.05, 3.63) is 53.2 Å². The number of alkyl halides is 3. The lowest BCUT2D eigenvalue weighted by Crippen LogP contribution is -2.53. The minimum absolute atomic E-state index is 0.0292. The summed E-state index contributed by atoms with van der Waals surface area (Å²) in [7, 11) is 2.51. The third kappa shape index (κ3) is 5.91. The van der Waals surface area contributed by atoms with Crippen molar-refractivity contribution < 1.29 is 37.0 Å². The number of aromatic nitrogens is 1. The van der Waals surface area contributed by atoms with Gasteiger partial charge in [0.05, 0.1) is 23.5 Å². The highest BCUT2D eigenvalue weighted by molar-refractivity contribution is 6.31. The van der Waals surface area contributed by atoms with Crippen LogP contribution in [0.25, 0.3) is 17.0 Å². The minimum atomic E-state index is -4.58. The van der Waals surface area contributed by atoms with E-state index in [2.05, 4.69) is 4.98 Å². The number of carbonyl (C=O) groups is 3. The standard InChI is InChI=1S/C28H30F3N3O5/c1-5-16(2)38-24(23-25(35)33(3)27(37)34(4)26(23)36)18-12-17(13-21(14-18)39-20-8-6-7-9-20)22-15-19(10-11-32-22)28(29,30)31/h10-16,20H,5-9H2,1-4H3. The van der Waals surface area contributed by atoms with E-state index < -0.39 is 35.7 Å². The van der Waals surface area contributed by atoms with E-state index in [9.17, 15) is 27.6 Å². The number of amides is 4. The number of pyridine rings is 1. The van der Waals surface area contributed by atoms with Crippen molar-refractivity contribution >= 4 is 23.6 Å². The molecule has 0 bridgehead atoms. The van der Waals surface area contributed by atoms with Crippen LogP contribution in [0.5, 0.6) is 5.75 Å². The summed E-state index contributed by atoms with van der Waals surface area (Å²) in [5.41, 5.74) is -0.675. The van der Waals surface area contributed by atoms with Crippen LogP contribution in [0.1, 0.15) is 57.1 Å². The van der Waals surface area contributed by atoms with E-state index in [0.717, 1.165) is 53.8 Å². The Morgan fingerprint density at radius 2 is 1.69 bits per heavy atom. The van der Waals surface area contributed by atoms with Gasteiger partial charge in [0.15, 0.2) is 0 Å². The number of ether oxygens (including phenoxy) is 2. The molecule has 2 aliphatic rings. The second-order valence-electron chi connectivity index (χ2n) is 9.75. The third-order valence-electron chi connectivity index (χ3n) is 6.89. The first-order valence-corrected chi connectivity index (χ1v) is 12.8. The van der Waals surface area contributed by atoms with Gasteiger partial charge in [0.1, 0.15) is 17.1 Å². The van der Waals surface area contributed by atoms with Crippen LogP contribution in [-0.4, -0.2) is 58.9 Å². The van der Waals surface area contributed by atoms with Gasteiger partial charge in [-0.25, -0.2) is 4.79 Å². The molecule has 1 aliphatic carbocycles. The monoisotopic (exact) mass is 545 g/mol. The maximum Gasteiger partial charge on any atom is 0.416 e. The number of imide groups is 2. The molecular weight excluding hydrogens is 515 g/mol. The number of benzene rings is 1. The van der Waals surface area contributed by atoms with E-state index >= 15 is 0 Å². The molecule has 11 heteroatoms. The molecule has 2 aromatic rings. The fraction of sp³-hybridized carbons (Fsp3) is 0.429. The fourth-order valence-electron chi connectivity index (χ4n) is 4.49. The van der Waals surface area contributed by atoms with Crippen LogP contribution in [0, 0.1) is 0 Å². The van der Waals surface area contributed by atoms with Gasteiger partial charge in [-0.05, 0) is 69.4 Å². The zero-order valence-electron chi connectivity index (χ0n) is 22.2. The van der Waals surface area contributed by atoms with Crippen LogP contribution < -0.4 is 4.74 Å². The molecule has 1 atom stereocenters. The van der Waals surface area contributed by atoms with Gasteiger partial charge in [-0.1, -0.05) is 6.92 Å². The summed E-state index contributed by atoms with van der Waals surface area (Å²) < 4.78 is 52.7. The second-order valence-corrected chi connectivity index (χ2v) is 9.75. The number of barbiturate groups is 1. The SMILES string of the molecule is CCC(C)OC(=C1C(=O)N(C)C(=O)N(C)C1=O)c1cc(OC2CCCC2)cc(-c2cc(C(F)(F)F)ccn2)c1. The van der Waals surface area contributed by atoms with Crippen LogP contribution in [0.4, 0.5) is 18.0 Å². The lowest BCUT2D eigenvalue weighted by atomic mass is 9.99. The number of hydrogen-bond acceptors (Lipinski definition) is 6. The molecule has 1 saturated carbocycles. The lowest BCUT2D eigenvalue weighted by Gasteiger charge is -2.31. The predicted octanol–water partition coefficient (Wildman–Crippen LogP) is 5.67. The van der Waals surface area contributed by atoms with Gasteiger partial charge in [-0.3, -0.25) is 24.4 Å². The van der Waals surface area contributed by atoms with Crippen molar-refractivity contribution in [3.63, 3.8) is 0 Å². The van der Waals surface area contributed by atoms with Crippen molar-refractivity contribution in [3.8, 4) is 17.0 Å². The molecular formula is C28H30F3N3O5. The zero-order chi connectivity index (χ0) is 28.5. The smallest absolute Gasteiger partial charge is 0.416 e. The average molecular weight is 546 g/mol. The number of nitrogens with zero attached hydrogens (tertiary/aromatic N) is 3. The summed E-state index contributed by atoms with van der Waals surface area (Å²) in [6, 6.07) is 5.71. The molecule has 2 fully saturated rings. The molecule has 1 aliphatic heterocycles. The highest BCUT2D eigenvalue weighted by Gasteiger charge is 2.41. The number of halogens is 3. The second kappa shape index (κ2) is 11.1. The van der Waals surface area contributed by atoms with Crippen LogP contribution in [0.2, 0.25) is 0 Å². The van der Waals surface area contributed by atoms with Crippen LogP contribution in [0.15, 0.2) is 42.1 Å². The Kier molecular flexibility index (Phi) is 7.99. The highest BCUT2D eigenvalue weighted by Crippen LogP contribution is 2.37. The Balaban J connectivity index is 1.94. The molecule has 208 valence electrons. The maximum atomic E-state index is 13.5. The van der Waals surface area contributed by atoms with Gasteiger partial charge in [0, 0.05) is 31.4 Å². The van der Waals surface area contributed by atoms with Gasteiger partial charge in [-0.2, -0.15) is 13.2 Å². The van der Waals surface area contributed by atoms with Crippen molar-refractivity contribution in [2.45, 2.75) is 64.3 Å². The molecule has 1 aromatic heterocycles. The summed E-state index contributed by atoms with van der Waals surface area (Å²) in [4.78, 5) is 44.5.